The molecule has 3 N–H and O–H groups in total. The first-order valence-electron chi connectivity index (χ1n) is 5.41. The molecule has 1 atom stereocenters. The van der Waals surface area contributed by atoms with Crippen LogP contribution in [0.4, 0.5) is 11.4 Å². The van der Waals surface area contributed by atoms with Crippen molar-refractivity contribution < 1.29 is 4.79 Å². The monoisotopic (exact) mass is 221 g/mol. The largest absolute Gasteiger partial charge is 0.399 e. The van der Waals surface area contributed by atoms with Gasteiger partial charge in [0.05, 0.1) is 6.04 Å². The third-order valence-electron chi connectivity index (χ3n) is 2.69. The molecule has 0 fully saturated rings. The Hall–Kier alpha value is -1.55. The van der Waals surface area contributed by atoms with E-state index in [1.165, 1.54) is 0 Å². The average Bonchev–Trinajstić information content (AvgIpc) is 2.27. The average molecular weight is 221 g/mol. The van der Waals surface area contributed by atoms with Crippen LogP contribution >= 0.6 is 0 Å². The van der Waals surface area contributed by atoms with E-state index >= 15 is 0 Å². The molecule has 0 saturated carbocycles. The summed E-state index contributed by atoms with van der Waals surface area (Å²) < 4.78 is 0. The van der Waals surface area contributed by atoms with E-state index in [4.69, 9.17) is 5.73 Å². The van der Waals surface area contributed by atoms with Gasteiger partial charge in [0, 0.05) is 11.4 Å². The minimum absolute atomic E-state index is 0.0186. The van der Waals surface area contributed by atoms with Gasteiger partial charge in [-0.15, -0.1) is 0 Å². The quantitative estimate of drug-likeness (QED) is 0.758. The third kappa shape index (κ3) is 3.24. The van der Waals surface area contributed by atoms with Crippen LogP contribution in [0.25, 0.3) is 0 Å². The van der Waals surface area contributed by atoms with Crippen molar-refractivity contribution in [1.82, 2.24) is 4.90 Å². The topological polar surface area (TPSA) is 58.4 Å². The molecule has 4 nitrogen and oxygen atoms in total. The number of nitrogens with one attached hydrogen (secondary N) is 1. The molecule has 1 unspecified atom stereocenters. The second-order valence-electron chi connectivity index (χ2n) is 3.86. The number of benzene rings is 1. The van der Waals surface area contributed by atoms with Crippen LogP contribution in [-0.4, -0.2) is 30.4 Å². The summed E-state index contributed by atoms with van der Waals surface area (Å²) in [5.74, 6) is -0.0186. The predicted molar refractivity (Wildman–Crippen MR) is 67.3 cm³/mol. The van der Waals surface area contributed by atoms with E-state index < -0.39 is 0 Å². The standard InChI is InChI=1S/C12H19N3O/c1-4-15(3)9(2)12(16)14-11-7-5-6-10(13)8-11/h5-9H,4,13H2,1-3H3,(H,14,16). The molecule has 88 valence electrons. The molecule has 16 heavy (non-hydrogen) atoms. The van der Waals surface area contributed by atoms with Gasteiger partial charge in [-0.2, -0.15) is 0 Å². The van der Waals surface area contributed by atoms with Gasteiger partial charge in [-0.05, 0) is 38.7 Å². The highest BCUT2D eigenvalue weighted by molar-refractivity contribution is 5.94. The molecule has 4 heteroatoms. The number of rotatable bonds is 4. The fraction of sp³-hybridized carbons (Fsp3) is 0.417. The van der Waals surface area contributed by atoms with Crippen molar-refractivity contribution in [3.8, 4) is 0 Å². The Labute approximate surface area is 96.4 Å². The molecule has 1 amide bonds. The van der Waals surface area contributed by atoms with E-state index in [1.54, 1.807) is 12.1 Å². The van der Waals surface area contributed by atoms with Gasteiger partial charge >= 0.3 is 0 Å². The molecular formula is C12H19N3O. The molecule has 0 saturated heterocycles. The first-order chi connectivity index (χ1) is 7.54. The maximum absolute atomic E-state index is 11.8. The van der Waals surface area contributed by atoms with Crippen molar-refractivity contribution in [3.05, 3.63) is 24.3 Å². The molecule has 0 radical (unpaired) electrons. The normalized spacial score (nSPS) is 12.5. The predicted octanol–water partition coefficient (Wildman–Crippen LogP) is 1.55. The minimum atomic E-state index is -0.147. The highest BCUT2D eigenvalue weighted by Crippen LogP contribution is 2.12. The van der Waals surface area contributed by atoms with E-state index in [-0.39, 0.29) is 11.9 Å². The van der Waals surface area contributed by atoms with E-state index in [0.29, 0.717) is 5.69 Å². The number of amides is 1. The first kappa shape index (κ1) is 12.5. The second-order valence-corrected chi connectivity index (χ2v) is 3.86. The fourth-order valence-electron chi connectivity index (χ4n) is 1.34. The number of nitrogens with zero attached hydrogens (tertiary/aromatic N) is 1. The Morgan fingerprint density at radius 3 is 2.81 bits per heavy atom. The summed E-state index contributed by atoms with van der Waals surface area (Å²) >= 11 is 0. The summed E-state index contributed by atoms with van der Waals surface area (Å²) in [5, 5.41) is 2.84. The lowest BCUT2D eigenvalue weighted by Crippen LogP contribution is -2.39. The molecule has 0 aliphatic rings. The van der Waals surface area contributed by atoms with Gasteiger partial charge in [-0.1, -0.05) is 13.0 Å². The maximum Gasteiger partial charge on any atom is 0.241 e. The first-order valence-corrected chi connectivity index (χ1v) is 5.41. The molecule has 0 spiro atoms. The number of nitrogen functional groups attached to an aromatic ring is 1. The van der Waals surface area contributed by atoms with Gasteiger partial charge in [0.1, 0.15) is 0 Å². The molecule has 0 aliphatic heterocycles. The van der Waals surface area contributed by atoms with Crippen LogP contribution in [0, 0.1) is 0 Å². The zero-order chi connectivity index (χ0) is 12.1. The fourth-order valence-corrected chi connectivity index (χ4v) is 1.34. The zero-order valence-corrected chi connectivity index (χ0v) is 10.0. The summed E-state index contributed by atoms with van der Waals surface area (Å²) in [6.07, 6.45) is 0. The molecule has 0 aliphatic carbocycles. The van der Waals surface area contributed by atoms with Crippen LogP contribution in [-0.2, 0) is 4.79 Å². The van der Waals surface area contributed by atoms with Crippen molar-refractivity contribution in [2.45, 2.75) is 19.9 Å². The lowest BCUT2D eigenvalue weighted by Gasteiger charge is -2.22. The number of nitrogens with two attached hydrogens (primary N) is 1. The Morgan fingerprint density at radius 2 is 2.25 bits per heavy atom. The lowest BCUT2D eigenvalue weighted by atomic mass is 10.2. The van der Waals surface area contributed by atoms with Crippen LogP contribution < -0.4 is 11.1 Å². The van der Waals surface area contributed by atoms with Crippen molar-refractivity contribution in [2.75, 3.05) is 24.6 Å². The summed E-state index contributed by atoms with van der Waals surface area (Å²) in [7, 11) is 1.92. The molecule has 0 bridgehead atoms. The Morgan fingerprint density at radius 1 is 1.56 bits per heavy atom. The van der Waals surface area contributed by atoms with Crippen LogP contribution in [0.1, 0.15) is 13.8 Å². The summed E-state index contributed by atoms with van der Waals surface area (Å²) in [5.41, 5.74) is 7.02. The van der Waals surface area contributed by atoms with Gasteiger partial charge in [0.15, 0.2) is 0 Å². The number of hydrogen-bond acceptors (Lipinski definition) is 3. The van der Waals surface area contributed by atoms with Crippen LogP contribution in [0.5, 0.6) is 0 Å². The summed E-state index contributed by atoms with van der Waals surface area (Å²) in [4.78, 5) is 13.8. The minimum Gasteiger partial charge on any atom is -0.399 e. The number of carbonyl (C=O) groups is 1. The molecule has 1 rings (SSSR count). The van der Waals surface area contributed by atoms with E-state index in [1.807, 2.05) is 37.9 Å². The van der Waals surface area contributed by atoms with Gasteiger partial charge in [0.2, 0.25) is 5.91 Å². The highest BCUT2D eigenvalue weighted by Gasteiger charge is 2.16. The molecular weight excluding hydrogens is 202 g/mol. The maximum atomic E-state index is 11.8. The van der Waals surface area contributed by atoms with Crippen LogP contribution in [0.15, 0.2) is 24.3 Å². The SMILES string of the molecule is CCN(C)C(C)C(=O)Nc1cccc(N)c1. The van der Waals surface area contributed by atoms with Crippen molar-refractivity contribution in [1.29, 1.82) is 0 Å². The Bertz CT molecular complexity index is 365. The van der Waals surface area contributed by atoms with E-state index in [2.05, 4.69) is 5.32 Å². The smallest absolute Gasteiger partial charge is 0.241 e. The van der Waals surface area contributed by atoms with Gasteiger partial charge < -0.3 is 11.1 Å². The molecule has 1 aromatic rings. The Balaban J connectivity index is 2.64. The summed E-state index contributed by atoms with van der Waals surface area (Å²) in [6, 6.07) is 7.03. The Kier molecular flexibility index (Phi) is 4.31. The van der Waals surface area contributed by atoms with E-state index in [0.717, 1.165) is 12.2 Å². The second kappa shape index (κ2) is 5.51. The van der Waals surface area contributed by atoms with Crippen molar-refractivity contribution >= 4 is 17.3 Å². The lowest BCUT2D eigenvalue weighted by molar-refractivity contribution is -0.120. The van der Waals surface area contributed by atoms with Crippen molar-refractivity contribution in [3.63, 3.8) is 0 Å². The van der Waals surface area contributed by atoms with Crippen LogP contribution in [0.3, 0.4) is 0 Å². The zero-order valence-electron chi connectivity index (χ0n) is 10.0. The number of likely N-dealkylation sites (N-methyl/N-ethyl adjacent to an activating group) is 1. The number of hydrogen-bond donors (Lipinski definition) is 2. The van der Waals surface area contributed by atoms with Crippen molar-refractivity contribution in [2.24, 2.45) is 0 Å². The third-order valence-corrected chi connectivity index (χ3v) is 2.69. The highest BCUT2D eigenvalue weighted by atomic mass is 16.2. The van der Waals surface area contributed by atoms with Crippen LogP contribution in [0.2, 0.25) is 0 Å². The number of anilines is 2. The number of carbonyl (C=O) groups excluding carboxylic acids is 1. The van der Waals surface area contributed by atoms with Gasteiger partial charge in [-0.3, -0.25) is 9.69 Å². The van der Waals surface area contributed by atoms with E-state index in [9.17, 15) is 4.79 Å². The summed E-state index contributed by atoms with van der Waals surface area (Å²) in [6.45, 7) is 4.74. The molecule has 0 heterocycles. The van der Waals surface area contributed by atoms with Gasteiger partial charge in [0.25, 0.3) is 0 Å². The molecule has 1 aromatic carbocycles. The van der Waals surface area contributed by atoms with Gasteiger partial charge in [-0.25, -0.2) is 0 Å². The molecule has 0 aromatic heterocycles.